The molecule has 0 aliphatic heterocycles. The van der Waals surface area contributed by atoms with E-state index in [-0.39, 0.29) is 31.1 Å². The molecule has 0 aromatic rings. The first-order chi connectivity index (χ1) is 34.2. The third-order valence-electron chi connectivity index (χ3n) is 14.7. The number of hydrogen-bond donors (Lipinski definition) is 0. The van der Waals surface area contributed by atoms with E-state index in [1.807, 2.05) is 0 Å². The monoisotopic (exact) mass is 989 g/mol. The van der Waals surface area contributed by atoms with Crippen molar-refractivity contribution in [2.24, 2.45) is 11.8 Å². The van der Waals surface area contributed by atoms with Crippen LogP contribution in [0.1, 0.15) is 362 Å². The standard InChI is InChI=1S/C64H124O6/c1-6-7-8-9-10-11-12-13-14-15-18-24-29-34-39-44-49-54-62(65)68-57-61(58-69-63(66)55-50-45-40-35-30-25-21-20-23-28-33-38-43-48-53-60(4)5)70-64(67)56-51-46-41-36-31-26-19-16-17-22-27-32-37-42-47-52-59(2)3/h59-61H,6-58H2,1-5H3/t61-/m0/s1. The average Bonchev–Trinajstić information content (AvgIpc) is 3.33. The average molecular weight is 990 g/mol. The lowest BCUT2D eigenvalue weighted by molar-refractivity contribution is -0.167. The molecule has 0 heterocycles. The third-order valence-corrected chi connectivity index (χ3v) is 14.7. The molecule has 0 saturated carbocycles. The molecule has 70 heavy (non-hydrogen) atoms. The Bertz CT molecular complexity index is 1070. The van der Waals surface area contributed by atoms with Gasteiger partial charge in [0.1, 0.15) is 13.2 Å². The highest BCUT2D eigenvalue weighted by Gasteiger charge is 2.19. The third kappa shape index (κ3) is 57.3. The van der Waals surface area contributed by atoms with Crippen LogP contribution >= 0.6 is 0 Å². The number of ether oxygens (including phenoxy) is 3. The summed E-state index contributed by atoms with van der Waals surface area (Å²) in [5.74, 6) is 0.861. The fourth-order valence-corrected chi connectivity index (χ4v) is 9.93. The molecule has 0 amide bonds. The minimum atomic E-state index is -0.764. The van der Waals surface area contributed by atoms with E-state index in [1.54, 1.807) is 0 Å². The van der Waals surface area contributed by atoms with Gasteiger partial charge in [0.15, 0.2) is 6.10 Å². The highest BCUT2D eigenvalue weighted by Crippen LogP contribution is 2.19. The van der Waals surface area contributed by atoms with E-state index in [4.69, 9.17) is 14.2 Å². The van der Waals surface area contributed by atoms with Gasteiger partial charge in [-0.3, -0.25) is 14.4 Å². The summed E-state index contributed by atoms with van der Waals surface area (Å²) in [5.41, 5.74) is 0. The van der Waals surface area contributed by atoms with Gasteiger partial charge in [0.25, 0.3) is 0 Å². The Morgan fingerprint density at radius 3 is 0.700 bits per heavy atom. The fraction of sp³-hybridized carbons (Fsp3) is 0.953. The lowest BCUT2D eigenvalue weighted by Gasteiger charge is -2.18. The zero-order valence-corrected chi connectivity index (χ0v) is 48.2. The topological polar surface area (TPSA) is 78.9 Å². The molecule has 6 nitrogen and oxygen atoms in total. The molecule has 0 spiro atoms. The van der Waals surface area contributed by atoms with Crippen LogP contribution in [0.3, 0.4) is 0 Å². The molecular weight excluding hydrogens is 865 g/mol. The highest BCUT2D eigenvalue weighted by molar-refractivity contribution is 5.71. The lowest BCUT2D eigenvalue weighted by Crippen LogP contribution is -2.30. The minimum absolute atomic E-state index is 0.0618. The van der Waals surface area contributed by atoms with Gasteiger partial charge < -0.3 is 14.2 Å². The van der Waals surface area contributed by atoms with Crippen molar-refractivity contribution in [2.45, 2.75) is 368 Å². The second kappa shape index (κ2) is 56.7. The van der Waals surface area contributed by atoms with Crippen molar-refractivity contribution in [1.82, 2.24) is 0 Å². The molecule has 416 valence electrons. The Labute approximate surface area is 438 Å². The molecule has 0 aliphatic rings. The zero-order chi connectivity index (χ0) is 51.1. The molecule has 0 aromatic heterocycles. The SMILES string of the molecule is CCCCCCCCCCCCCCCCCCCC(=O)OC[C@@H](COC(=O)CCCCCCCCCCCCCCCCC(C)C)OC(=O)CCCCCCCCCCCCCCCCCC(C)C. The predicted octanol–water partition coefficient (Wildman–Crippen LogP) is 21.2. The first-order valence-corrected chi connectivity index (χ1v) is 31.7. The van der Waals surface area contributed by atoms with E-state index in [0.29, 0.717) is 19.3 Å². The number of carbonyl (C=O) groups is 3. The molecule has 0 aromatic carbocycles. The molecule has 0 unspecified atom stereocenters. The van der Waals surface area contributed by atoms with Gasteiger partial charge in [0.05, 0.1) is 0 Å². The van der Waals surface area contributed by atoms with Crippen LogP contribution in [-0.2, 0) is 28.6 Å². The Morgan fingerprint density at radius 1 is 0.271 bits per heavy atom. The molecular formula is C64H124O6. The van der Waals surface area contributed by atoms with E-state index < -0.39 is 6.10 Å². The smallest absolute Gasteiger partial charge is 0.306 e. The normalized spacial score (nSPS) is 12.0. The van der Waals surface area contributed by atoms with Crippen LogP contribution in [0.5, 0.6) is 0 Å². The molecule has 0 fully saturated rings. The van der Waals surface area contributed by atoms with Gasteiger partial charge >= 0.3 is 17.9 Å². The maximum absolute atomic E-state index is 12.9. The van der Waals surface area contributed by atoms with Crippen LogP contribution in [0.2, 0.25) is 0 Å². The molecule has 6 heteroatoms. The predicted molar refractivity (Wildman–Crippen MR) is 303 cm³/mol. The summed E-state index contributed by atoms with van der Waals surface area (Å²) >= 11 is 0. The van der Waals surface area contributed by atoms with Crippen molar-refractivity contribution in [3.05, 3.63) is 0 Å². The zero-order valence-electron chi connectivity index (χ0n) is 48.2. The number of rotatable bonds is 58. The Kier molecular flexibility index (Phi) is 55.4. The lowest BCUT2D eigenvalue weighted by atomic mass is 10.0. The van der Waals surface area contributed by atoms with Crippen LogP contribution in [0, 0.1) is 11.8 Å². The fourth-order valence-electron chi connectivity index (χ4n) is 9.93. The summed E-state index contributed by atoms with van der Waals surface area (Å²) in [5, 5.41) is 0. The van der Waals surface area contributed by atoms with Gasteiger partial charge in [-0.2, -0.15) is 0 Å². The van der Waals surface area contributed by atoms with Crippen molar-refractivity contribution in [3.8, 4) is 0 Å². The molecule has 0 aliphatic carbocycles. The molecule has 0 rings (SSSR count). The van der Waals surface area contributed by atoms with E-state index in [0.717, 1.165) is 69.6 Å². The van der Waals surface area contributed by atoms with Crippen LogP contribution < -0.4 is 0 Å². The number of esters is 3. The van der Waals surface area contributed by atoms with Crippen LogP contribution in [0.4, 0.5) is 0 Å². The molecule has 0 saturated heterocycles. The molecule has 0 N–H and O–H groups in total. The Morgan fingerprint density at radius 2 is 0.471 bits per heavy atom. The first kappa shape index (κ1) is 68.4. The van der Waals surface area contributed by atoms with Crippen LogP contribution in [0.25, 0.3) is 0 Å². The number of unbranched alkanes of at least 4 members (excludes halogenated alkanes) is 43. The Balaban J connectivity index is 4.29. The van der Waals surface area contributed by atoms with Gasteiger partial charge in [-0.15, -0.1) is 0 Å². The summed E-state index contributed by atoms with van der Waals surface area (Å²) in [6, 6.07) is 0. The molecule has 1 atom stereocenters. The van der Waals surface area contributed by atoms with Crippen molar-refractivity contribution in [3.63, 3.8) is 0 Å². The van der Waals surface area contributed by atoms with Gasteiger partial charge in [-0.1, -0.05) is 324 Å². The summed E-state index contributed by atoms with van der Waals surface area (Å²) < 4.78 is 17.0. The largest absolute Gasteiger partial charge is 0.462 e. The highest BCUT2D eigenvalue weighted by atomic mass is 16.6. The maximum Gasteiger partial charge on any atom is 0.306 e. The van der Waals surface area contributed by atoms with Crippen molar-refractivity contribution in [1.29, 1.82) is 0 Å². The minimum Gasteiger partial charge on any atom is -0.462 e. The quantitative estimate of drug-likeness (QED) is 0.0343. The number of carbonyl (C=O) groups excluding carboxylic acids is 3. The second-order valence-corrected chi connectivity index (χ2v) is 23.0. The molecule has 0 radical (unpaired) electrons. The van der Waals surface area contributed by atoms with Gasteiger partial charge in [-0.25, -0.2) is 0 Å². The first-order valence-electron chi connectivity index (χ1n) is 31.7. The van der Waals surface area contributed by atoms with E-state index in [2.05, 4.69) is 34.6 Å². The Hall–Kier alpha value is -1.59. The van der Waals surface area contributed by atoms with E-state index in [9.17, 15) is 14.4 Å². The van der Waals surface area contributed by atoms with Crippen molar-refractivity contribution in [2.75, 3.05) is 13.2 Å². The molecule has 0 bridgehead atoms. The van der Waals surface area contributed by atoms with Crippen LogP contribution in [-0.4, -0.2) is 37.2 Å². The van der Waals surface area contributed by atoms with Crippen molar-refractivity contribution < 1.29 is 28.6 Å². The summed E-state index contributed by atoms with van der Waals surface area (Å²) in [6.07, 6.45) is 62.4. The summed E-state index contributed by atoms with van der Waals surface area (Å²) in [6.45, 7) is 11.5. The van der Waals surface area contributed by atoms with Crippen LogP contribution in [0.15, 0.2) is 0 Å². The van der Waals surface area contributed by atoms with E-state index in [1.165, 1.54) is 250 Å². The van der Waals surface area contributed by atoms with Gasteiger partial charge in [0.2, 0.25) is 0 Å². The maximum atomic E-state index is 12.9. The second-order valence-electron chi connectivity index (χ2n) is 23.0. The van der Waals surface area contributed by atoms with Gasteiger partial charge in [-0.05, 0) is 31.1 Å². The summed E-state index contributed by atoms with van der Waals surface area (Å²) in [4.78, 5) is 38.3. The van der Waals surface area contributed by atoms with Crippen molar-refractivity contribution >= 4 is 17.9 Å². The summed E-state index contributed by atoms with van der Waals surface area (Å²) in [7, 11) is 0. The van der Waals surface area contributed by atoms with E-state index >= 15 is 0 Å². The number of hydrogen-bond acceptors (Lipinski definition) is 6. The van der Waals surface area contributed by atoms with Gasteiger partial charge in [0, 0.05) is 19.3 Å².